The number of tetrazole rings is 1. The summed E-state index contributed by atoms with van der Waals surface area (Å²) in [4.78, 5) is 12.6. The zero-order valence-electron chi connectivity index (χ0n) is 27.8. The molecule has 0 saturated carbocycles. The van der Waals surface area contributed by atoms with Crippen molar-refractivity contribution < 1.29 is 19.4 Å². The Balaban J connectivity index is 1.05. The lowest BCUT2D eigenvalue weighted by molar-refractivity contribution is -0.245. The molecule has 3 N–H and O–H groups in total. The fourth-order valence-electron chi connectivity index (χ4n) is 5.98. The van der Waals surface area contributed by atoms with Crippen LogP contribution in [-0.4, -0.2) is 43.2 Å². The van der Waals surface area contributed by atoms with Crippen molar-refractivity contribution >= 4 is 17.8 Å². The number of hydrogen-bond acceptors (Lipinski definition) is 8. The summed E-state index contributed by atoms with van der Waals surface area (Å²) in [5.74, 6) is 0.621. The molecular weight excluding hydrogens is 661 g/mol. The van der Waals surface area contributed by atoms with Gasteiger partial charge in [-0.1, -0.05) is 133 Å². The summed E-state index contributed by atoms with van der Waals surface area (Å²) in [6, 6.07) is 43.5. The number of aliphatic hydroxyl groups is 1. The Hall–Kier alpha value is -5.33. The summed E-state index contributed by atoms with van der Waals surface area (Å²) in [5, 5.41) is 28.6. The molecule has 1 aliphatic heterocycles. The number of benzene rings is 5. The van der Waals surface area contributed by atoms with Crippen LogP contribution in [0.4, 0.5) is 4.79 Å². The summed E-state index contributed by atoms with van der Waals surface area (Å²) in [6.45, 7) is 0.832. The number of urea groups is 1. The van der Waals surface area contributed by atoms with Crippen LogP contribution in [-0.2, 0) is 29.2 Å². The lowest BCUT2D eigenvalue weighted by atomic mass is 9.98. The van der Waals surface area contributed by atoms with Gasteiger partial charge in [0.1, 0.15) is 0 Å². The number of nitrogens with one attached hydrogen (secondary N) is 2. The molecule has 0 spiro atoms. The van der Waals surface area contributed by atoms with Crippen LogP contribution in [0.3, 0.4) is 0 Å². The molecule has 1 fully saturated rings. The van der Waals surface area contributed by atoms with Gasteiger partial charge in [0.05, 0.1) is 24.5 Å². The Morgan fingerprint density at radius 2 is 1.45 bits per heavy atom. The summed E-state index contributed by atoms with van der Waals surface area (Å²) < 4.78 is 14.9. The molecule has 11 heteroatoms. The van der Waals surface area contributed by atoms with Gasteiger partial charge >= 0.3 is 6.03 Å². The maximum absolute atomic E-state index is 12.6. The highest BCUT2D eigenvalue weighted by atomic mass is 32.2. The standard InChI is InChI=1S/C40H38N6O4S/c47-26-29-15-17-31(18-16-29)37-23-35(27-51-40-43-44-45-46(40)34-12-5-2-6-13-34)49-38(50-37)32-21-19-30(20-22-32)36-14-8-7-11-33(36)25-42-39(48)41-24-28-9-3-1-4-10-28/h1-22,35,37-38,47H,23-27H2,(H2,41,42,48)/t35-,37+,38+/m0/s1. The topological polar surface area (TPSA) is 123 Å². The maximum Gasteiger partial charge on any atom is 0.315 e. The summed E-state index contributed by atoms with van der Waals surface area (Å²) >= 11 is 1.54. The molecule has 2 amide bonds. The van der Waals surface area contributed by atoms with Crippen molar-refractivity contribution in [3.05, 3.63) is 161 Å². The highest BCUT2D eigenvalue weighted by molar-refractivity contribution is 7.99. The van der Waals surface area contributed by atoms with Crippen molar-refractivity contribution in [2.75, 3.05) is 5.75 Å². The van der Waals surface area contributed by atoms with E-state index in [0.29, 0.717) is 30.4 Å². The van der Waals surface area contributed by atoms with Crippen LogP contribution in [0.15, 0.2) is 139 Å². The molecule has 258 valence electrons. The van der Waals surface area contributed by atoms with Crippen molar-refractivity contribution in [1.82, 2.24) is 30.8 Å². The van der Waals surface area contributed by atoms with E-state index in [4.69, 9.17) is 9.47 Å². The van der Waals surface area contributed by atoms with E-state index in [1.165, 1.54) is 0 Å². The van der Waals surface area contributed by atoms with E-state index in [-0.39, 0.29) is 24.8 Å². The first-order chi connectivity index (χ1) is 25.1. The zero-order chi connectivity index (χ0) is 34.8. The van der Waals surface area contributed by atoms with E-state index in [9.17, 15) is 9.90 Å². The second kappa shape index (κ2) is 16.6. The van der Waals surface area contributed by atoms with E-state index in [1.807, 2.05) is 115 Å². The van der Waals surface area contributed by atoms with Gasteiger partial charge in [-0.15, -0.1) is 5.10 Å². The van der Waals surface area contributed by atoms with Crippen molar-refractivity contribution in [1.29, 1.82) is 0 Å². The van der Waals surface area contributed by atoms with Gasteiger partial charge in [0, 0.05) is 30.8 Å². The number of para-hydroxylation sites is 1. The monoisotopic (exact) mass is 698 g/mol. The highest BCUT2D eigenvalue weighted by Gasteiger charge is 2.32. The zero-order valence-corrected chi connectivity index (χ0v) is 28.7. The smallest absolute Gasteiger partial charge is 0.315 e. The first kappa shape index (κ1) is 34.1. The lowest BCUT2D eigenvalue weighted by Gasteiger charge is -2.36. The van der Waals surface area contributed by atoms with Crippen molar-refractivity contribution in [3.63, 3.8) is 0 Å². The normalized spacial score (nSPS) is 17.2. The minimum absolute atomic E-state index is 0.0140. The molecule has 1 aromatic heterocycles. The van der Waals surface area contributed by atoms with Crippen LogP contribution < -0.4 is 10.6 Å². The van der Waals surface area contributed by atoms with Crippen molar-refractivity contribution in [2.45, 2.75) is 49.8 Å². The average molecular weight is 699 g/mol. The van der Waals surface area contributed by atoms with Gasteiger partial charge in [0.25, 0.3) is 0 Å². The van der Waals surface area contributed by atoms with Gasteiger partial charge in [-0.25, -0.2) is 4.79 Å². The quantitative estimate of drug-likeness (QED) is 0.115. The molecule has 1 saturated heterocycles. The largest absolute Gasteiger partial charge is 0.392 e. The van der Waals surface area contributed by atoms with E-state index >= 15 is 0 Å². The minimum atomic E-state index is -0.601. The van der Waals surface area contributed by atoms with E-state index in [1.54, 1.807) is 16.4 Å². The third-order valence-corrected chi connectivity index (χ3v) is 9.75. The fourth-order valence-corrected chi connectivity index (χ4v) is 6.89. The van der Waals surface area contributed by atoms with Gasteiger partial charge in [0.15, 0.2) is 6.29 Å². The maximum atomic E-state index is 12.6. The molecule has 0 aliphatic carbocycles. The number of ether oxygens (including phenoxy) is 2. The second-order valence-corrected chi connectivity index (χ2v) is 13.2. The molecule has 0 bridgehead atoms. The van der Waals surface area contributed by atoms with Crippen molar-refractivity contribution in [2.24, 2.45) is 0 Å². The number of aromatic nitrogens is 4. The molecule has 51 heavy (non-hydrogen) atoms. The SMILES string of the molecule is O=C(NCc1ccccc1)NCc1ccccc1-c1ccc([C@@H]2O[C@H](CSc3nnnn3-c3ccccc3)C[C@H](c3ccc(CO)cc3)O2)cc1. The number of carbonyl (C=O) groups is 1. The van der Waals surface area contributed by atoms with E-state index < -0.39 is 6.29 Å². The Kier molecular flexibility index (Phi) is 11.1. The van der Waals surface area contributed by atoms with Crippen LogP contribution in [0.5, 0.6) is 0 Å². The van der Waals surface area contributed by atoms with Gasteiger partial charge in [-0.3, -0.25) is 0 Å². The Labute approximate surface area is 300 Å². The summed E-state index contributed by atoms with van der Waals surface area (Å²) in [6.07, 6.45) is -0.327. The first-order valence-electron chi connectivity index (χ1n) is 16.8. The number of nitrogens with zero attached hydrogens (tertiary/aromatic N) is 4. The predicted octanol–water partition coefficient (Wildman–Crippen LogP) is 7.16. The highest BCUT2D eigenvalue weighted by Crippen LogP contribution is 2.40. The molecule has 7 rings (SSSR count). The molecule has 2 heterocycles. The molecule has 1 aliphatic rings. The fraction of sp³-hybridized carbons (Fsp3) is 0.200. The number of amides is 2. The number of thioether (sulfide) groups is 1. The molecule has 5 aromatic carbocycles. The number of rotatable bonds is 12. The van der Waals surface area contributed by atoms with E-state index in [0.717, 1.165) is 44.6 Å². The molecule has 6 aromatic rings. The minimum Gasteiger partial charge on any atom is -0.392 e. The predicted molar refractivity (Wildman–Crippen MR) is 196 cm³/mol. The van der Waals surface area contributed by atoms with Gasteiger partial charge in [-0.05, 0) is 55.9 Å². The average Bonchev–Trinajstić information content (AvgIpc) is 3.68. The van der Waals surface area contributed by atoms with Crippen LogP contribution >= 0.6 is 11.8 Å². The number of aliphatic hydroxyl groups excluding tert-OH is 1. The third kappa shape index (κ3) is 8.70. The summed E-state index contributed by atoms with van der Waals surface area (Å²) in [5.41, 5.74) is 7.76. The van der Waals surface area contributed by atoms with Crippen LogP contribution in [0.2, 0.25) is 0 Å². The second-order valence-electron chi connectivity index (χ2n) is 12.2. The lowest BCUT2D eigenvalue weighted by Crippen LogP contribution is -2.34. The molecule has 3 atom stereocenters. The van der Waals surface area contributed by atoms with Crippen LogP contribution in [0.1, 0.15) is 46.6 Å². The van der Waals surface area contributed by atoms with Crippen molar-refractivity contribution in [3.8, 4) is 16.8 Å². The number of hydrogen-bond donors (Lipinski definition) is 3. The Bertz CT molecular complexity index is 2010. The van der Waals surface area contributed by atoms with Gasteiger partial charge in [-0.2, -0.15) is 4.68 Å². The van der Waals surface area contributed by atoms with Crippen LogP contribution in [0, 0.1) is 0 Å². The first-order valence-corrected chi connectivity index (χ1v) is 17.8. The Morgan fingerprint density at radius 1 is 0.765 bits per heavy atom. The third-order valence-electron chi connectivity index (χ3n) is 8.70. The molecular formula is C40H38N6O4S. The molecule has 0 unspecified atom stereocenters. The molecule has 10 nitrogen and oxygen atoms in total. The van der Waals surface area contributed by atoms with E-state index in [2.05, 4.69) is 44.4 Å². The number of carbonyl (C=O) groups excluding carboxylic acids is 1. The Morgan fingerprint density at radius 3 is 2.22 bits per heavy atom. The molecule has 0 radical (unpaired) electrons. The summed E-state index contributed by atoms with van der Waals surface area (Å²) in [7, 11) is 0. The van der Waals surface area contributed by atoms with Gasteiger partial charge < -0.3 is 25.2 Å². The van der Waals surface area contributed by atoms with Gasteiger partial charge in [0.2, 0.25) is 5.16 Å². The van der Waals surface area contributed by atoms with Crippen LogP contribution in [0.25, 0.3) is 16.8 Å².